The maximum absolute atomic E-state index is 9.91. The second kappa shape index (κ2) is 4.16. The highest BCUT2D eigenvalue weighted by molar-refractivity contribution is 9.11. The molecule has 2 aromatic rings. The fourth-order valence-electron chi connectivity index (χ4n) is 1.09. The van der Waals surface area contributed by atoms with Crippen LogP contribution in [-0.2, 0) is 0 Å². The minimum atomic E-state index is -0.632. The summed E-state index contributed by atoms with van der Waals surface area (Å²) in [5.74, 6) is 0. The summed E-state index contributed by atoms with van der Waals surface area (Å²) < 4.78 is 1.00. The Morgan fingerprint density at radius 1 is 1.29 bits per heavy atom. The number of aliphatic hydroxyl groups excluding tert-OH is 1. The summed E-state index contributed by atoms with van der Waals surface area (Å²) in [4.78, 5) is 8.60. The van der Waals surface area contributed by atoms with Crippen molar-refractivity contribution >= 4 is 27.3 Å². The lowest BCUT2D eigenvalue weighted by molar-refractivity contribution is 0.223. The highest BCUT2D eigenvalue weighted by Crippen LogP contribution is 2.30. The second-order valence-corrected chi connectivity index (χ2v) is 5.21. The van der Waals surface area contributed by atoms with E-state index in [1.807, 2.05) is 12.1 Å². The van der Waals surface area contributed by atoms with Gasteiger partial charge < -0.3 is 5.11 Å². The molecule has 14 heavy (non-hydrogen) atoms. The fourth-order valence-corrected chi connectivity index (χ4v) is 2.53. The van der Waals surface area contributed by atoms with Crippen LogP contribution in [0.1, 0.15) is 16.5 Å². The summed E-state index contributed by atoms with van der Waals surface area (Å²) in [6, 6.07) is 3.79. The summed E-state index contributed by atoms with van der Waals surface area (Å²) in [5, 5.41) is 9.91. The summed E-state index contributed by atoms with van der Waals surface area (Å²) >= 11 is 4.85. The Morgan fingerprint density at radius 2 is 2.00 bits per heavy atom. The molecule has 0 aliphatic heterocycles. The van der Waals surface area contributed by atoms with Gasteiger partial charge in [-0.3, -0.25) is 0 Å². The van der Waals surface area contributed by atoms with Gasteiger partial charge >= 0.3 is 0 Å². The van der Waals surface area contributed by atoms with Crippen molar-refractivity contribution in [1.29, 1.82) is 0 Å². The summed E-state index contributed by atoms with van der Waals surface area (Å²) in [7, 11) is 0. The van der Waals surface area contributed by atoms with E-state index in [4.69, 9.17) is 0 Å². The zero-order valence-electron chi connectivity index (χ0n) is 7.09. The highest BCUT2D eigenvalue weighted by Gasteiger charge is 2.12. The van der Waals surface area contributed by atoms with Crippen LogP contribution in [0.5, 0.6) is 0 Å². The molecule has 0 radical (unpaired) electrons. The van der Waals surface area contributed by atoms with Crippen molar-refractivity contribution in [1.82, 2.24) is 9.97 Å². The normalized spacial score (nSPS) is 12.7. The lowest BCUT2D eigenvalue weighted by Crippen LogP contribution is -1.97. The third kappa shape index (κ3) is 2.00. The van der Waals surface area contributed by atoms with E-state index in [0.717, 1.165) is 8.66 Å². The third-order valence-electron chi connectivity index (χ3n) is 1.76. The number of hydrogen-bond acceptors (Lipinski definition) is 4. The maximum atomic E-state index is 9.91. The monoisotopic (exact) mass is 270 g/mol. The Kier molecular flexibility index (Phi) is 2.90. The van der Waals surface area contributed by atoms with Crippen LogP contribution in [-0.4, -0.2) is 15.1 Å². The first-order valence-corrected chi connectivity index (χ1v) is 5.56. The Morgan fingerprint density at radius 3 is 2.57 bits per heavy atom. The largest absolute Gasteiger partial charge is 0.383 e. The number of nitrogens with zero attached hydrogens (tertiary/aromatic N) is 2. The molecule has 1 atom stereocenters. The van der Waals surface area contributed by atoms with Gasteiger partial charge in [-0.05, 0) is 28.1 Å². The van der Waals surface area contributed by atoms with Crippen LogP contribution in [0.4, 0.5) is 0 Å². The Balaban J connectivity index is 2.29. The number of aliphatic hydroxyl groups is 1. The molecule has 0 fully saturated rings. The zero-order chi connectivity index (χ0) is 9.97. The van der Waals surface area contributed by atoms with Gasteiger partial charge in [0.25, 0.3) is 0 Å². The molecule has 0 saturated carbocycles. The van der Waals surface area contributed by atoms with Gasteiger partial charge in [0.2, 0.25) is 0 Å². The molecule has 0 amide bonds. The molecule has 5 heteroatoms. The number of rotatable bonds is 2. The predicted molar refractivity (Wildman–Crippen MR) is 58.1 cm³/mol. The zero-order valence-corrected chi connectivity index (χ0v) is 9.49. The van der Waals surface area contributed by atoms with Gasteiger partial charge in [-0.15, -0.1) is 11.3 Å². The number of hydrogen-bond donors (Lipinski definition) is 1. The van der Waals surface area contributed by atoms with Crippen molar-refractivity contribution in [3.63, 3.8) is 0 Å². The smallest absolute Gasteiger partial charge is 0.116 e. The van der Waals surface area contributed by atoms with E-state index in [2.05, 4.69) is 25.9 Å². The standard InChI is InChI=1S/C9H7BrN2OS/c10-8-2-1-7(14-8)9(13)6-3-11-5-12-4-6/h1-5,9,13H. The third-order valence-corrected chi connectivity index (χ3v) is 3.44. The van der Waals surface area contributed by atoms with E-state index >= 15 is 0 Å². The van der Waals surface area contributed by atoms with E-state index in [1.54, 1.807) is 12.4 Å². The first-order valence-electron chi connectivity index (χ1n) is 3.95. The topological polar surface area (TPSA) is 46.0 Å². The molecule has 2 aromatic heterocycles. The molecule has 0 aliphatic rings. The lowest BCUT2D eigenvalue weighted by atomic mass is 10.2. The van der Waals surface area contributed by atoms with E-state index in [1.165, 1.54) is 17.7 Å². The van der Waals surface area contributed by atoms with Gasteiger partial charge in [0, 0.05) is 22.8 Å². The van der Waals surface area contributed by atoms with Crippen molar-refractivity contribution in [3.8, 4) is 0 Å². The van der Waals surface area contributed by atoms with Gasteiger partial charge in [0.1, 0.15) is 12.4 Å². The van der Waals surface area contributed by atoms with Crippen LogP contribution in [0.3, 0.4) is 0 Å². The molecule has 1 unspecified atom stereocenters. The van der Waals surface area contributed by atoms with Gasteiger partial charge in [0.15, 0.2) is 0 Å². The highest BCUT2D eigenvalue weighted by atomic mass is 79.9. The fraction of sp³-hybridized carbons (Fsp3) is 0.111. The first kappa shape index (κ1) is 9.76. The van der Waals surface area contributed by atoms with Crippen LogP contribution >= 0.6 is 27.3 Å². The molecule has 0 spiro atoms. The molecule has 3 nitrogen and oxygen atoms in total. The number of aromatic nitrogens is 2. The molecule has 0 aromatic carbocycles. The summed E-state index contributed by atoms with van der Waals surface area (Å²) in [6.07, 6.45) is 4.05. The van der Waals surface area contributed by atoms with Crippen LogP contribution in [0.25, 0.3) is 0 Å². The van der Waals surface area contributed by atoms with Crippen LogP contribution in [0.15, 0.2) is 34.6 Å². The van der Waals surface area contributed by atoms with Crippen LogP contribution < -0.4 is 0 Å². The second-order valence-electron chi connectivity index (χ2n) is 2.72. The SMILES string of the molecule is OC(c1cncnc1)c1ccc(Br)s1. The van der Waals surface area contributed by atoms with Crippen molar-refractivity contribution in [2.24, 2.45) is 0 Å². The van der Waals surface area contributed by atoms with Crippen molar-refractivity contribution < 1.29 is 5.11 Å². The minimum absolute atomic E-state index is 0.632. The average Bonchev–Trinajstić information content (AvgIpc) is 2.65. The summed E-state index contributed by atoms with van der Waals surface area (Å²) in [5.41, 5.74) is 0.710. The Labute approximate surface area is 93.6 Å². The van der Waals surface area contributed by atoms with Crippen molar-refractivity contribution in [2.45, 2.75) is 6.10 Å². The average molecular weight is 271 g/mol. The van der Waals surface area contributed by atoms with Gasteiger partial charge in [-0.1, -0.05) is 0 Å². The van der Waals surface area contributed by atoms with Crippen molar-refractivity contribution in [2.75, 3.05) is 0 Å². The first-order chi connectivity index (χ1) is 6.77. The molecule has 1 N–H and O–H groups in total. The van der Waals surface area contributed by atoms with Crippen LogP contribution in [0.2, 0.25) is 0 Å². The lowest BCUT2D eigenvalue weighted by Gasteiger charge is -2.06. The van der Waals surface area contributed by atoms with Gasteiger partial charge in [-0.25, -0.2) is 9.97 Å². The van der Waals surface area contributed by atoms with E-state index in [9.17, 15) is 5.11 Å². The number of thiophene rings is 1. The molecular weight excluding hydrogens is 264 g/mol. The molecule has 72 valence electrons. The molecule has 2 rings (SSSR count). The molecule has 2 heterocycles. The Hall–Kier alpha value is -0.780. The van der Waals surface area contributed by atoms with E-state index in [0.29, 0.717) is 5.56 Å². The van der Waals surface area contributed by atoms with E-state index in [-0.39, 0.29) is 0 Å². The molecule has 0 aliphatic carbocycles. The molecule has 0 saturated heterocycles. The Bertz CT molecular complexity index is 418. The van der Waals surface area contributed by atoms with Gasteiger partial charge in [0.05, 0.1) is 3.79 Å². The predicted octanol–water partition coefficient (Wildman–Crippen LogP) is 2.38. The van der Waals surface area contributed by atoms with Crippen molar-refractivity contribution in [3.05, 3.63) is 45.1 Å². The van der Waals surface area contributed by atoms with Gasteiger partial charge in [-0.2, -0.15) is 0 Å². The minimum Gasteiger partial charge on any atom is -0.383 e. The van der Waals surface area contributed by atoms with Crippen LogP contribution in [0, 0.1) is 0 Å². The number of halogens is 1. The van der Waals surface area contributed by atoms with E-state index < -0.39 is 6.10 Å². The molecular formula is C9H7BrN2OS. The summed E-state index contributed by atoms with van der Waals surface area (Å²) in [6.45, 7) is 0. The molecule has 0 bridgehead atoms. The quantitative estimate of drug-likeness (QED) is 0.912. The maximum Gasteiger partial charge on any atom is 0.116 e.